The predicted molar refractivity (Wildman–Crippen MR) is 148 cm³/mol. The maximum absolute atomic E-state index is 12.3. The van der Waals surface area contributed by atoms with Crippen LogP contribution in [0.15, 0.2) is 90.0 Å². The summed E-state index contributed by atoms with van der Waals surface area (Å²) in [6.07, 6.45) is -3.25. The van der Waals surface area contributed by atoms with Crippen molar-refractivity contribution in [3.05, 3.63) is 85.1 Å². The summed E-state index contributed by atoms with van der Waals surface area (Å²) in [6.45, 7) is 0. The first-order chi connectivity index (χ1) is 19.4. The number of nitrogens with one attached hydrogen (secondary N) is 4. The Morgan fingerprint density at radius 1 is 0.902 bits per heavy atom. The van der Waals surface area contributed by atoms with Crippen LogP contribution in [-0.4, -0.2) is 44.9 Å². The highest BCUT2D eigenvalue weighted by atomic mass is 32.2. The minimum absolute atomic E-state index is 0.0918. The summed E-state index contributed by atoms with van der Waals surface area (Å²) in [5, 5.41) is 8.17. The number of carbonyl (C=O) groups excluding carboxylic acids is 1. The number of benzene rings is 3. The number of amides is 2. The van der Waals surface area contributed by atoms with E-state index in [1.54, 1.807) is 60.6 Å². The van der Waals surface area contributed by atoms with Gasteiger partial charge in [0.2, 0.25) is 16.0 Å². The second kappa shape index (κ2) is 12.1. The maximum atomic E-state index is 12.3. The lowest BCUT2D eigenvalue weighted by Crippen LogP contribution is -2.20. The molecule has 0 saturated carbocycles. The van der Waals surface area contributed by atoms with Crippen LogP contribution in [0.3, 0.4) is 0 Å². The molecule has 4 aromatic rings. The molecule has 1 aromatic heterocycles. The zero-order valence-electron chi connectivity index (χ0n) is 21.6. The van der Waals surface area contributed by atoms with Crippen LogP contribution >= 0.6 is 0 Å². The molecule has 0 bridgehead atoms. The van der Waals surface area contributed by atoms with Crippen LogP contribution in [0, 0.1) is 0 Å². The molecule has 41 heavy (non-hydrogen) atoms. The van der Waals surface area contributed by atoms with E-state index >= 15 is 0 Å². The fourth-order valence-electron chi connectivity index (χ4n) is 3.52. The number of nitrogens with zero attached hydrogens (tertiary/aromatic N) is 3. The molecule has 0 spiro atoms. The first kappa shape index (κ1) is 29.1. The molecular weight excluding hydrogens is 563 g/mol. The molecule has 0 saturated heterocycles. The molecule has 0 unspecified atom stereocenters. The molecule has 0 fully saturated rings. The molecule has 0 aliphatic carbocycles. The van der Waals surface area contributed by atoms with E-state index in [1.807, 2.05) is 0 Å². The lowest BCUT2D eigenvalue weighted by molar-refractivity contribution is -0.274. The highest BCUT2D eigenvalue weighted by Crippen LogP contribution is 2.26. The quantitative estimate of drug-likeness (QED) is 0.203. The van der Waals surface area contributed by atoms with Crippen molar-refractivity contribution in [2.45, 2.75) is 11.3 Å². The molecule has 0 aliphatic heterocycles. The van der Waals surface area contributed by atoms with Crippen LogP contribution in [0.4, 0.5) is 52.5 Å². The molecule has 11 nitrogen and oxygen atoms in total. The van der Waals surface area contributed by atoms with Gasteiger partial charge in [-0.05, 0) is 79.8 Å². The molecular formula is C26H24F3N7O4S. The lowest BCUT2D eigenvalue weighted by atomic mass is 10.2. The Morgan fingerprint density at radius 3 is 2.15 bits per heavy atom. The summed E-state index contributed by atoms with van der Waals surface area (Å²) in [6, 6.07) is 18.9. The third-order valence-corrected chi connectivity index (χ3v) is 6.92. The molecule has 214 valence electrons. The zero-order chi connectivity index (χ0) is 29.6. The van der Waals surface area contributed by atoms with Gasteiger partial charge in [0.25, 0.3) is 0 Å². The Balaban J connectivity index is 1.37. The fraction of sp³-hybridized carbons (Fsp3) is 0.115. The number of hydrogen-bond donors (Lipinski definition) is 4. The molecule has 4 rings (SSSR count). The van der Waals surface area contributed by atoms with Crippen molar-refractivity contribution in [3.8, 4) is 5.75 Å². The molecule has 4 N–H and O–H groups in total. The fourth-order valence-corrected chi connectivity index (χ4v) is 4.29. The number of halogens is 3. The molecule has 0 aliphatic rings. The Kier molecular flexibility index (Phi) is 8.59. The minimum Gasteiger partial charge on any atom is -0.406 e. The van der Waals surface area contributed by atoms with Gasteiger partial charge in [-0.3, -0.25) is 0 Å². The van der Waals surface area contributed by atoms with Crippen LogP contribution in [0.2, 0.25) is 0 Å². The predicted octanol–water partition coefficient (Wildman–Crippen LogP) is 5.44. The van der Waals surface area contributed by atoms with Crippen LogP contribution in [-0.2, 0) is 10.0 Å². The summed E-state index contributed by atoms with van der Waals surface area (Å²) in [5.41, 5.74) is 1.97. The van der Waals surface area contributed by atoms with Gasteiger partial charge in [0.05, 0.1) is 4.90 Å². The summed E-state index contributed by atoms with van der Waals surface area (Å²) in [7, 11) is -0.496. The van der Waals surface area contributed by atoms with Crippen LogP contribution in [0.1, 0.15) is 0 Å². The normalized spacial score (nSPS) is 11.4. The SMILES string of the molecule is CNS(=O)(=O)c1cccc(Nc2nccc(N(C)c3ccc(NC(=O)Nc4ccc(OC(F)(F)F)cc4)cc3)n2)c1. The van der Waals surface area contributed by atoms with Crippen molar-refractivity contribution in [3.63, 3.8) is 0 Å². The molecule has 0 atom stereocenters. The molecule has 3 aromatic carbocycles. The largest absolute Gasteiger partial charge is 0.573 e. The van der Waals surface area contributed by atoms with Crippen LogP contribution < -0.4 is 30.3 Å². The maximum Gasteiger partial charge on any atom is 0.573 e. The van der Waals surface area contributed by atoms with Crippen molar-refractivity contribution in [1.82, 2.24) is 14.7 Å². The van der Waals surface area contributed by atoms with Crippen LogP contribution in [0.25, 0.3) is 0 Å². The van der Waals surface area contributed by atoms with Gasteiger partial charge in [-0.2, -0.15) is 4.98 Å². The molecule has 1 heterocycles. The van der Waals surface area contributed by atoms with E-state index in [1.165, 1.54) is 31.3 Å². The molecule has 15 heteroatoms. The summed E-state index contributed by atoms with van der Waals surface area (Å²) >= 11 is 0. The van der Waals surface area contributed by atoms with Gasteiger partial charge in [-0.1, -0.05) is 6.07 Å². The number of aromatic nitrogens is 2. The Hall–Kier alpha value is -4.89. The Morgan fingerprint density at radius 2 is 1.54 bits per heavy atom. The summed E-state index contributed by atoms with van der Waals surface area (Å²) < 4.78 is 67.1. The van der Waals surface area contributed by atoms with E-state index in [2.05, 4.69) is 35.4 Å². The van der Waals surface area contributed by atoms with Crippen molar-refractivity contribution < 1.29 is 31.1 Å². The third-order valence-electron chi connectivity index (χ3n) is 5.51. The monoisotopic (exact) mass is 587 g/mol. The standard InChI is InChI=1S/C26H24F3N7O4S/c1-30-41(38,39)22-5-3-4-19(16-22)32-24-31-15-14-23(35-24)36(2)20-10-6-17(7-11-20)33-25(37)34-18-8-12-21(13-9-18)40-26(27,28)29/h3-16,30H,1-2H3,(H,31,32,35)(H2,33,34,37). The first-order valence-corrected chi connectivity index (χ1v) is 13.3. The smallest absolute Gasteiger partial charge is 0.406 e. The Labute approximate surface area is 233 Å². The minimum atomic E-state index is -4.80. The summed E-state index contributed by atoms with van der Waals surface area (Å²) in [5.74, 6) is 0.392. The van der Waals surface area contributed by atoms with Gasteiger partial charge in [0, 0.05) is 36.0 Å². The lowest BCUT2D eigenvalue weighted by Gasteiger charge is -2.19. The molecule has 2 amide bonds. The van der Waals surface area contributed by atoms with E-state index in [4.69, 9.17) is 0 Å². The van der Waals surface area contributed by atoms with Crippen molar-refractivity contribution >= 4 is 50.6 Å². The highest BCUT2D eigenvalue weighted by Gasteiger charge is 2.31. The number of urea groups is 1. The van der Waals surface area contributed by atoms with Crippen molar-refractivity contribution in [2.75, 3.05) is 34.9 Å². The number of sulfonamides is 1. The average Bonchev–Trinajstić information content (AvgIpc) is 2.93. The van der Waals surface area contributed by atoms with E-state index in [-0.39, 0.29) is 16.5 Å². The van der Waals surface area contributed by atoms with Crippen LogP contribution in [0.5, 0.6) is 5.75 Å². The number of hydrogen-bond acceptors (Lipinski definition) is 8. The first-order valence-electron chi connectivity index (χ1n) is 11.8. The van der Waals surface area contributed by atoms with Gasteiger partial charge < -0.3 is 25.6 Å². The number of rotatable bonds is 9. The number of anilines is 6. The van der Waals surface area contributed by atoms with E-state index < -0.39 is 28.2 Å². The average molecular weight is 588 g/mol. The van der Waals surface area contributed by atoms with E-state index in [0.29, 0.717) is 17.2 Å². The van der Waals surface area contributed by atoms with E-state index in [0.717, 1.165) is 17.8 Å². The van der Waals surface area contributed by atoms with Crippen molar-refractivity contribution in [1.29, 1.82) is 0 Å². The zero-order valence-corrected chi connectivity index (χ0v) is 22.4. The number of alkyl halides is 3. The highest BCUT2D eigenvalue weighted by molar-refractivity contribution is 7.89. The number of carbonyl (C=O) groups is 1. The van der Waals surface area contributed by atoms with Gasteiger partial charge in [0.15, 0.2) is 0 Å². The van der Waals surface area contributed by atoms with Gasteiger partial charge in [-0.25, -0.2) is 22.9 Å². The second-order valence-corrected chi connectivity index (χ2v) is 10.2. The second-order valence-electron chi connectivity index (χ2n) is 8.36. The molecule has 0 radical (unpaired) electrons. The van der Waals surface area contributed by atoms with Gasteiger partial charge >= 0.3 is 12.4 Å². The summed E-state index contributed by atoms with van der Waals surface area (Å²) in [4.78, 5) is 22.9. The van der Waals surface area contributed by atoms with E-state index in [9.17, 15) is 26.4 Å². The van der Waals surface area contributed by atoms with Crippen molar-refractivity contribution in [2.24, 2.45) is 0 Å². The number of ether oxygens (including phenoxy) is 1. The van der Waals surface area contributed by atoms with Gasteiger partial charge in [0.1, 0.15) is 11.6 Å². The third kappa shape index (κ3) is 8.06. The topological polar surface area (TPSA) is 138 Å². The Bertz CT molecular complexity index is 1620. The van der Waals surface area contributed by atoms with Gasteiger partial charge in [-0.15, -0.1) is 13.2 Å².